The summed E-state index contributed by atoms with van der Waals surface area (Å²) in [6.45, 7) is 2.05. The third-order valence-corrected chi connectivity index (χ3v) is 13.7. The highest BCUT2D eigenvalue weighted by Gasteiger charge is 2.69. The molecule has 3 fully saturated rings. The summed E-state index contributed by atoms with van der Waals surface area (Å²) >= 11 is 8.96. The van der Waals surface area contributed by atoms with Crippen molar-refractivity contribution >= 4 is 74.6 Å². The van der Waals surface area contributed by atoms with Crippen LogP contribution in [0.5, 0.6) is 11.5 Å². The van der Waals surface area contributed by atoms with Crippen LogP contribution in [0.15, 0.2) is 94.7 Å². The van der Waals surface area contributed by atoms with E-state index in [1.165, 1.54) is 16.2 Å². The molecule has 6 unspecified atom stereocenters. The number of hydrogen-bond donors (Lipinski definition) is 2. The molecule has 7 atom stereocenters. The fraction of sp³-hybridized carbons (Fsp3) is 0.282. The number of amides is 3. The molecule has 9 rings (SSSR count). The van der Waals surface area contributed by atoms with Gasteiger partial charge in [-0.3, -0.25) is 24.1 Å². The molecule has 2 N–H and O–H groups in total. The number of halogens is 1. The van der Waals surface area contributed by atoms with Crippen LogP contribution in [0.4, 0.5) is 11.4 Å². The molecule has 4 aliphatic rings. The van der Waals surface area contributed by atoms with Gasteiger partial charge in [-0.1, -0.05) is 65.4 Å². The van der Waals surface area contributed by atoms with E-state index in [4.69, 9.17) is 21.1 Å². The average molecular weight is 738 g/mol. The Hall–Kier alpha value is -4.58. The van der Waals surface area contributed by atoms with E-state index in [0.717, 1.165) is 32.7 Å². The molecule has 51 heavy (non-hydrogen) atoms. The Labute approximate surface area is 306 Å². The minimum atomic E-state index is -0.422. The predicted molar refractivity (Wildman–Crippen MR) is 198 cm³/mol. The largest absolute Gasteiger partial charge is 0.490 e. The molecule has 3 amide bonds. The van der Waals surface area contributed by atoms with Crippen LogP contribution in [0.2, 0.25) is 5.02 Å². The number of hydrogen-bond acceptors (Lipinski definition) is 8. The second-order valence-corrected chi connectivity index (χ2v) is 16.1. The van der Waals surface area contributed by atoms with Crippen molar-refractivity contribution < 1.29 is 23.9 Å². The van der Waals surface area contributed by atoms with Crippen molar-refractivity contribution in [1.82, 2.24) is 4.98 Å². The lowest BCUT2D eigenvalue weighted by atomic mass is 9.68. The van der Waals surface area contributed by atoms with E-state index in [1.54, 1.807) is 36.0 Å². The van der Waals surface area contributed by atoms with Gasteiger partial charge in [-0.25, -0.2) is 0 Å². The summed E-state index contributed by atoms with van der Waals surface area (Å²) in [6.07, 6.45) is 0.782. The highest BCUT2D eigenvalue weighted by Crippen LogP contribution is 2.68. The van der Waals surface area contributed by atoms with Gasteiger partial charge in [0.15, 0.2) is 18.1 Å². The zero-order valence-corrected chi connectivity index (χ0v) is 29.7. The van der Waals surface area contributed by atoms with E-state index < -0.39 is 11.8 Å². The van der Waals surface area contributed by atoms with Crippen LogP contribution in [0.3, 0.4) is 0 Å². The maximum absolute atomic E-state index is 14.1. The maximum Gasteiger partial charge on any atom is 0.305 e. The second kappa shape index (κ2) is 12.6. The molecule has 2 saturated carbocycles. The van der Waals surface area contributed by atoms with E-state index in [2.05, 4.69) is 10.3 Å². The maximum atomic E-state index is 14.1. The van der Waals surface area contributed by atoms with Crippen molar-refractivity contribution in [2.75, 3.05) is 23.4 Å². The van der Waals surface area contributed by atoms with E-state index in [9.17, 15) is 19.2 Å². The van der Waals surface area contributed by atoms with Gasteiger partial charge >= 0.3 is 4.87 Å². The fourth-order valence-corrected chi connectivity index (χ4v) is 12.0. The van der Waals surface area contributed by atoms with Crippen molar-refractivity contribution in [3.05, 3.63) is 110 Å². The summed E-state index contributed by atoms with van der Waals surface area (Å²) in [5.41, 5.74) is 2.19. The van der Waals surface area contributed by atoms with Gasteiger partial charge in [-0.05, 0) is 84.5 Å². The quantitative estimate of drug-likeness (QED) is 0.160. The number of rotatable bonds is 8. The number of thioether (sulfide) groups is 1. The Kier molecular flexibility index (Phi) is 7.97. The standard InChI is InChI=1S/C39H32ClN3O6S2/c1-2-48-28-16-20(10-15-27(28)49-18-29(44)41-26-9-5-7-19-6-3-4-8-23(19)26)30-31-24-17-25(34(31)50-36-35(30)51-39(47)42-36)33-32(24)37(45)43(38(33)46)22-13-11-21(40)12-14-22/h3-16,24-25,30-34H,2,17-18H2,1H3,(H,41,44)(H,42,47)/t24?,25?,30-,31?,32?,33?,34?/m1/s1. The van der Waals surface area contributed by atoms with Crippen LogP contribution in [0.1, 0.15) is 29.7 Å². The van der Waals surface area contributed by atoms with E-state index in [0.29, 0.717) is 34.5 Å². The number of ether oxygens (including phenoxy) is 2. The Morgan fingerprint density at radius 1 is 0.922 bits per heavy atom. The molecular weight excluding hydrogens is 706 g/mol. The molecule has 5 aromatic rings. The molecule has 4 aromatic carbocycles. The molecule has 2 bridgehead atoms. The van der Waals surface area contributed by atoms with Crippen LogP contribution in [-0.4, -0.2) is 41.2 Å². The molecule has 0 spiro atoms. The van der Waals surface area contributed by atoms with Gasteiger partial charge in [-0.15, -0.1) is 11.8 Å². The van der Waals surface area contributed by atoms with Crippen LogP contribution in [0.25, 0.3) is 10.8 Å². The highest BCUT2D eigenvalue weighted by atomic mass is 35.5. The summed E-state index contributed by atoms with van der Waals surface area (Å²) < 4.78 is 12.1. The smallest absolute Gasteiger partial charge is 0.305 e. The van der Waals surface area contributed by atoms with Gasteiger partial charge in [0, 0.05) is 32.1 Å². The third kappa shape index (κ3) is 5.27. The number of fused-ring (bicyclic) bond motifs is 10. The van der Waals surface area contributed by atoms with Crippen LogP contribution in [-0.2, 0) is 14.4 Å². The topological polar surface area (TPSA) is 118 Å². The van der Waals surface area contributed by atoms with Crippen molar-refractivity contribution in [3.8, 4) is 11.5 Å². The summed E-state index contributed by atoms with van der Waals surface area (Å²) in [4.78, 5) is 59.0. The van der Waals surface area contributed by atoms with E-state index in [1.807, 2.05) is 67.6 Å². The number of carbonyl (C=O) groups is 3. The molecule has 1 saturated heterocycles. The number of aromatic amines is 1. The number of H-pyrrole nitrogens is 1. The molecule has 3 heterocycles. The number of nitrogens with zero attached hydrogens (tertiary/aromatic N) is 1. The lowest BCUT2D eigenvalue weighted by molar-refractivity contribution is -0.123. The van der Waals surface area contributed by atoms with Gasteiger partial charge < -0.3 is 19.8 Å². The number of benzene rings is 4. The summed E-state index contributed by atoms with van der Waals surface area (Å²) in [6, 6.07) is 26.2. The first-order valence-corrected chi connectivity index (χ1v) is 19.1. The third-order valence-electron chi connectivity index (χ3n) is 10.9. The molecule has 258 valence electrons. The summed E-state index contributed by atoms with van der Waals surface area (Å²) in [5.74, 6) is -0.704. The lowest BCUT2D eigenvalue weighted by Gasteiger charge is -2.43. The van der Waals surface area contributed by atoms with Crippen molar-refractivity contribution in [1.29, 1.82) is 0 Å². The Balaban J connectivity index is 1.01. The van der Waals surface area contributed by atoms with Crippen molar-refractivity contribution in [3.63, 3.8) is 0 Å². The first-order chi connectivity index (χ1) is 24.8. The molecular formula is C39H32ClN3O6S2. The average Bonchev–Trinajstić information content (AvgIpc) is 3.87. The summed E-state index contributed by atoms with van der Waals surface area (Å²) in [7, 11) is 0. The van der Waals surface area contributed by atoms with Gasteiger partial charge in [-0.2, -0.15) is 0 Å². The monoisotopic (exact) mass is 737 g/mol. The van der Waals surface area contributed by atoms with Gasteiger partial charge in [0.2, 0.25) is 11.8 Å². The van der Waals surface area contributed by atoms with Crippen LogP contribution < -0.4 is 24.6 Å². The van der Waals surface area contributed by atoms with Gasteiger partial charge in [0.05, 0.1) is 29.2 Å². The predicted octanol–water partition coefficient (Wildman–Crippen LogP) is 7.34. The zero-order valence-electron chi connectivity index (χ0n) is 27.3. The highest BCUT2D eigenvalue weighted by molar-refractivity contribution is 8.00. The minimum Gasteiger partial charge on any atom is -0.490 e. The molecule has 2 aliphatic heterocycles. The zero-order chi connectivity index (χ0) is 35.0. The SMILES string of the molecule is CCOc1cc([C@H]2c3sc(=O)[nH]c3SC3C4CC(C5C(=O)N(c6ccc(Cl)cc6)C(=O)C45)C32)ccc1OCC(=O)Nc1cccc2ccccc12. The van der Waals surface area contributed by atoms with Gasteiger partial charge in [0.25, 0.3) is 5.91 Å². The van der Waals surface area contributed by atoms with E-state index >= 15 is 0 Å². The first kappa shape index (κ1) is 32.3. The van der Waals surface area contributed by atoms with E-state index in [-0.39, 0.29) is 58.1 Å². The Morgan fingerprint density at radius 2 is 1.69 bits per heavy atom. The molecule has 1 aromatic heterocycles. The van der Waals surface area contributed by atoms with Crippen LogP contribution in [0, 0.1) is 29.6 Å². The normalized spacial score (nSPS) is 25.8. The number of thiazole rings is 1. The number of carbonyl (C=O) groups excluding carboxylic acids is 3. The van der Waals surface area contributed by atoms with Crippen LogP contribution >= 0.6 is 34.7 Å². The lowest BCUT2D eigenvalue weighted by Crippen LogP contribution is -2.42. The second-order valence-electron chi connectivity index (χ2n) is 13.5. The number of imide groups is 1. The molecule has 12 heteroatoms. The number of nitrogens with one attached hydrogen (secondary N) is 2. The number of anilines is 2. The number of aromatic nitrogens is 1. The molecule has 0 radical (unpaired) electrons. The van der Waals surface area contributed by atoms with Crippen molar-refractivity contribution in [2.45, 2.75) is 29.5 Å². The fourth-order valence-electron chi connectivity index (χ4n) is 9.00. The minimum absolute atomic E-state index is 0.00276. The van der Waals surface area contributed by atoms with Crippen molar-refractivity contribution in [2.24, 2.45) is 29.6 Å². The molecule has 9 nitrogen and oxygen atoms in total. The Bertz CT molecular complexity index is 2280. The Morgan fingerprint density at radius 3 is 2.49 bits per heavy atom. The molecule has 2 aliphatic carbocycles. The van der Waals surface area contributed by atoms with Gasteiger partial charge in [0.1, 0.15) is 0 Å². The first-order valence-electron chi connectivity index (χ1n) is 17.0. The summed E-state index contributed by atoms with van der Waals surface area (Å²) in [5, 5.41) is 6.34.